The monoisotopic (exact) mass is 238 g/mol. The third-order valence-electron chi connectivity index (χ3n) is 2.60. The van der Waals surface area contributed by atoms with Crippen LogP contribution in [0.4, 0.5) is 13.2 Å². The zero-order valence-electron chi connectivity index (χ0n) is 9.47. The second kappa shape index (κ2) is 5.03. The predicted octanol–water partition coefficient (Wildman–Crippen LogP) is 1.40. The Labute approximate surface area is 93.0 Å². The van der Waals surface area contributed by atoms with Crippen molar-refractivity contribution >= 4 is 5.91 Å². The number of hydrogen-bond acceptors (Lipinski definition) is 2. The van der Waals surface area contributed by atoms with Gasteiger partial charge in [0.05, 0.1) is 0 Å². The van der Waals surface area contributed by atoms with Gasteiger partial charge in [-0.05, 0) is 13.0 Å². The van der Waals surface area contributed by atoms with E-state index in [4.69, 9.17) is 0 Å². The van der Waals surface area contributed by atoms with E-state index in [9.17, 15) is 18.0 Å². The van der Waals surface area contributed by atoms with Crippen molar-refractivity contribution in [3.05, 3.63) is 0 Å². The molecule has 1 aliphatic rings. The number of nitrogens with one attached hydrogen (secondary N) is 1. The minimum Gasteiger partial charge on any atom is -0.329 e. The van der Waals surface area contributed by atoms with Gasteiger partial charge >= 0.3 is 6.18 Å². The molecule has 0 aliphatic carbocycles. The van der Waals surface area contributed by atoms with E-state index in [0.29, 0.717) is 19.5 Å². The Morgan fingerprint density at radius 2 is 2.12 bits per heavy atom. The van der Waals surface area contributed by atoms with Gasteiger partial charge in [0.1, 0.15) is 6.54 Å². The van der Waals surface area contributed by atoms with Crippen LogP contribution in [-0.2, 0) is 4.79 Å². The molecule has 16 heavy (non-hydrogen) atoms. The highest BCUT2D eigenvalue weighted by molar-refractivity contribution is 5.78. The number of hydrogen-bond donors (Lipinski definition) is 1. The molecule has 94 valence electrons. The summed E-state index contributed by atoms with van der Waals surface area (Å²) < 4.78 is 37.1. The Bertz CT molecular complexity index is 247. The van der Waals surface area contributed by atoms with Crippen molar-refractivity contribution in [1.29, 1.82) is 0 Å². The van der Waals surface area contributed by atoms with E-state index in [2.05, 4.69) is 5.32 Å². The summed E-state index contributed by atoms with van der Waals surface area (Å²) in [6, 6.07) is -0.323. The summed E-state index contributed by atoms with van der Waals surface area (Å²) in [5, 5.41) is 2.97. The summed E-state index contributed by atoms with van der Waals surface area (Å²) in [6.45, 7) is 3.22. The molecule has 1 saturated heterocycles. The van der Waals surface area contributed by atoms with Crippen molar-refractivity contribution in [3.8, 4) is 0 Å². The molecule has 1 amide bonds. The summed E-state index contributed by atoms with van der Waals surface area (Å²) in [5.74, 6) is -0.825. The van der Waals surface area contributed by atoms with Gasteiger partial charge in [0.15, 0.2) is 0 Å². The molecule has 0 aromatic carbocycles. The van der Waals surface area contributed by atoms with Crippen LogP contribution in [-0.4, -0.2) is 42.7 Å². The first-order valence-electron chi connectivity index (χ1n) is 5.39. The fourth-order valence-electron chi connectivity index (χ4n) is 1.82. The number of carbonyl (C=O) groups excluding carboxylic acids is 1. The molecule has 1 N–H and O–H groups in total. The lowest BCUT2D eigenvalue weighted by atomic mass is 10.1. The summed E-state index contributed by atoms with van der Waals surface area (Å²) in [5.41, 5.74) is 0. The molecule has 0 aromatic rings. The molecular weight excluding hydrogens is 221 g/mol. The molecule has 1 rings (SSSR count). The molecule has 1 heterocycles. The van der Waals surface area contributed by atoms with E-state index >= 15 is 0 Å². The smallest absolute Gasteiger partial charge is 0.329 e. The first-order chi connectivity index (χ1) is 7.31. The van der Waals surface area contributed by atoms with Crippen LogP contribution in [0.15, 0.2) is 0 Å². The van der Waals surface area contributed by atoms with Crippen LogP contribution in [0.25, 0.3) is 0 Å². The van der Waals surface area contributed by atoms with Crippen molar-refractivity contribution in [2.75, 3.05) is 19.6 Å². The zero-order valence-corrected chi connectivity index (χ0v) is 9.47. The number of nitrogens with zero attached hydrogens (tertiary/aromatic N) is 1. The van der Waals surface area contributed by atoms with Crippen LogP contribution in [0.3, 0.4) is 0 Å². The average molecular weight is 238 g/mol. The van der Waals surface area contributed by atoms with Crippen LogP contribution in [0, 0.1) is 5.92 Å². The second-order valence-electron chi connectivity index (χ2n) is 4.38. The van der Waals surface area contributed by atoms with Gasteiger partial charge in [-0.2, -0.15) is 13.2 Å². The maximum absolute atomic E-state index is 12.4. The number of halogens is 3. The fraction of sp³-hybridized carbons (Fsp3) is 0.900. The third kappa shape index (κ3) is 3.66. The van der Waals surface area contributed by atoms with Crippen molar-refractivity contribution in [1.82, 2.24) is 10.2 Å². The van der Waals surface area contributed by atoms with E-state index in [1.54, 1.807) is 13.8 Å². The number of alkyl halides is 3. The van der Waals surface area contributed by atoms with Gasteiger partial charge in [0.25, 0.3) is 0 Å². The fourth-order valence-corrected chi connectivity index (χ4v) is 1.82. The maximum Gasteiger partial charge on any atom is 0.406 e. The molecule has 6 heteroatoms. The van der Waals surface area contributed by atoms with Gasteiger partial charge < -0.3 is 10.2 Å². The topological polar surface area (TPSA) is 32.3 Å². The summed E-state index contributed by atoms with van der Waals surface area (Å²) >= 11 is 0. The quantitative estimate of drug-likeness (QED) is 0.806. The molecule has 0 bridgehead atoms. The highest BCUT2D eigenvalue weighted by Crippen LogP contribution is 2.21. The van der Waals surface area contributed by atoms with Crippen molar-refractivity contribution < 1.29 is 18.0 Å². The molecule has 0 unspecified atom stereocenters. The lowest BCUT2D eigenvalue weighted by molar-refractivity contribution is -0.167. The highest BCUT2D eigenvalue weighted by Gasteiger charge is 2.37. The average Bonchev–Trinajstić information content (AvgIpc) is 2.64. The van der Waals surface area contributed by atoms with E-state index in [0.717, 1.165) is 4.90 Å². The Kier molecular flexibility index (Phi) is 4.18. The van der Waals surface area contributed by atoms with E-state index in [1.807, 2.05) is 0 Å². The van der Waals surface area contributed by atoms with E-state index in [1.165, 1.54) is 0 Å². The van der Waals surface area contributed by atoms with Gasteiger partial charge in [-0.25, -0.2) is 0 Å². The second-order valence-corrected chi connectivity index (χ2v) is 4.38. The van der Waals surface area contributed by atoms with Crippen LogP contribution in [0.1, 0.15) is 20.3 Å². The lowest BCUT2D eigenvalue weighted by Crippen LogP contribution is -2.48. The van der Waals surface area contributed by atoms with Gasteiger partial charge in [-0.15, -0.1) is 0 Å². The van der Waals surface area contributed by atoms with Crippen LogP contribution < -0.4 is 5.32 Å². The van der Waals surface area contributed by atoms with Crippen LogP contribution in [0.2, 0.25) is 0 Å². The number of rotatable bonds is 3. The minimum absolute atomic E-state index is 0.323. The molecular formula is C10H17F3N2O. The van der Waals surface area contributed by atoms with Gasteiger partial charge in [-0.3, -0.25) is 4.79 Å². The number of carbonyl (C=O) groups is 1. The Hall–Kier alpha value is -0.780. The van der Waals surface area contributed by atoms with Gasteiger partial charge in [0, 0.05) is 18.5 Å². The van der Waals surface area contributed by atoms with Crippen molar-refractivity contribution in [2.24, 2.45) is 5.92 Å². The molecule has 0 aromatic heterocycles. The predicted molar refractivity (Wildman–Crippen MR) is 53.9 cm³/mol. The first-order valence-corrected chi connectivity index (χ1v) is 5.39. The normalized spacial score (nSPS) is 21.5. The molecule has 1 atom stereocenters. The summed E-state index contributed by atoms with van der Waals surface area (Å²) in [4.78, 5) is 12.7. The summed E-state index contributed by atoms with van der Waals surface area (Å²) in [7, 11) is 0. The van der Waals surface area contributed by atoms with Gasteiger partial charge in [0.2, 0.25) is 5.91 Å². The van der Waals surface area contributed by atoms with Crippen molar-refractivity contribution in [3.63, 3.8) is 0 Å². The zero-order chi connectivity index (χ0) is 12.3. The Balaban J connectivity index is 2.72. The summed E-state index contributed by atoms with van der Waals surface area (Å²) in [6.07, 6.45) is -3.73. The van der Waals surface area contributed by atoms with Gasteiger partial charge in [-0.1, -0.05) is 13.8 Å². The standard InChI is InChI=1S/C10H17F3N2O/c1-7(2)9(16)15(6-10(11,12)13)8-3-4-14-5-8/h7-8,14H,3-6H2,1-2H3/t8-/m0/s1. The molecule has 1 aliphatic heterocycles. The largest absolute Gasteiger partial charge is 0.406 e. The van der Waals surface area contributed by atoms with Crippen molar-refractivity contribution in [2.45, 2.75) is 32.5 Å². The Morgan fingerprint density at radius 3 is 2.50 bits per heavy atom. The SMILES string of the molecule is CC(C)C(=O)N(CC(F)(F)F)[C@H]1CCNC1. The number of amides is 1. The molecule has 1 fully saturated rings. The van der Waals surface area contributed by atoms with E-state index < -0.39 is 24.5 Å². The molecule has 0 radical (unpaired) electrons. The molecule has 3 nitrogen and oxygen atoms in total. The first kappa shape index (κ1) is 13.3. The maximum atomic E-state index is 12.4. The minimum atomic E-state index is -4.33. The Morgan fingerprint density at radius 1 is 1.50 bits per heavy atom. The third-order valence-corrected chi connectivity index (χ3v) is 2.60. The molecule has 0 saturated carbocycles. The molecule has 0 spiro atoms. The van der Waals surface area contributed by atoms with Crippen LogP contribution >= 0.6 is 0 Å². The lowest BCUT2D eigenvalue weighted by Gasteiger charge is -2.30. The highest BCUT2D eigenvalue weighted by atomic mass is 19.4. The van der Waals surface area contributed by atoms with E-state index in [-0.39, 0.29) is 6.04 Å². The van der Waals surface area contributed by atoms with Crippen LogP contribution in [0.5, 0.6) is 0 Å².